The molecule has 0 fully saturated rings. The van der Waals surface area contributed by atoms with Crippen LogP contribution in [0.3, 0.4) is 0 Å². The summed E-state index contributed by atoms with van der Waals surface area (Å²) < 4.78 is 8.75. The minimum atomic E-state index is -0.263. The Morgan fingerprint density at radius 3 is 2.50 bits per heavy atom. The zero-order chi connectivity index (χ0) is 22.5. The molecule has 1 N–H and O–H groups in total. The van der Waals surface area contributed by atoms with E-state index in [-0.39, 0.29) is 5.91 Å². The number of nitrogens with one attached hydrogen (secondary N) is 1. The quantitative estimate of drug-likeness (QED) is 0.258. The van der Waals surface area contributed by atoms with Gasteiger partial charge in [-0.25, -0.2) is 5.43 Å². The molecule has 5 nitrogen and oxygen atoms in total. The van der Waals surface area contributed by atoms with E-state index in [2.05, 4.69) is 74.3 Å². The second-order valence-corrected chi connectivity index (χ2v) is 8.30. The lowest BCUT2D eigenvalue weighted by Gasteiger charge is -2.09. The maximum Gasteiger partial charge on any atom is 0.271 e. The molecular weight excluding hydrogens is 466 g/mol. The van der Waals surface area contributed by atoms with E-state index in [9.17, 15) is 4.79 Å². The van der Waals surface area contributed by atoms with Crippen molar-refractivity contribution in [3.05, 3.63) is 99.7 Å². The molecule has 0 unspecified atom stereocenters. The van der Waals surface area contributed by atoms with Gasteiger partial charge in [0.2, 0.25) is 0 Å². The number of aromatic nitrogens is 1. The molecule has 3 aromatic carbocycles. The monoisotopic (exact) mass is 489 g/mol. The predicted molar refractivity (Wildman–Crippen MR) is 133 cm³/mol. The van der Waals surface area contributed by atoms with Crippen molar-refractivity contribution in [2.45, 2.75) is 20.4 Å². The predicted octanol–water partition coefficient (Wildman–Crippen LogP) is 5.92. The number of ether oxygens (including phenoxy) is 1. The lowest BCUT2D eigenvalue weighted by atomic mass is 10.1. The summed E-state index contributed by atoms with van der Waals surface area (Å²) in [6.07, 6.45) is 1.72. The number of carbonyl (C=O) groups excluding carboxylic acids is 1. The molecule has 162 valence electrons. The third kappa shape index (κ3) is 4.75. The van der Waals surface area contributed by atoms with Crippen LogP contribution < -0.4 is 10.2 Å². The van der Waals surface area contributed by atoms with Crippen LogP contribution in [0.1, 0.15) is 34.1 Å². The third-order valence-corrected chi connectivity index (χ3v) is 5.85. The summed E-state index contributed by atoms with van der Waals surface area (Å²) in [5.41, 5.74) is 7.58. The fraction of sp³-hybridized carbons (Fsp3) is 0.154. The highest BCUT2D eigenvalue weighted by Gasteiger charge is 2.13. The van der Waals surface area contributed by atoms with Gasteiger partial charge in [-0.3, -0.25) is 4.79 Å². The summed E-state index contributed by atoms with van der Waals surface area (Å²) in [5, 5.41) is 5.34. The van der Waals surface area contributed by atoms with E-state index >= 15 is 0 Å². The van der Waals surface area contributed by atoms with Crippen molar-refractivity contribution in [3.63, 3.8) is 0 Å². The second kappa shape index (κ2) is 9.83. The van der Waals surface area contributed by atoms with Crippen LogP contribution in [-0.4, -0.2) is 23.3 Å². The van der Waals surface area contributed by atoms with Gasteiger partial charge in [-0.15, -0.1) is 0 Å². The van der Waals surface area contributed by atoms with E-state index in [1.807, 2.05) is 19.1 Å². The van der Waals surface area contributed by atoms with Gasteiger partial charge in [0.25, 0.3) is 5.91 Å². The Morgan fingerprint density at radius 2 is 1.78 bits per heavy atom. The molecule has 32 heavy (non-hydrogen) atoms. The molecule has 0 spiro atoms. The summed E-state index contributed by atoms with van der Waals surface area (Å²) in [4.78, 5) is 12.5. The molecule has 0 bridgehead atoms. The molecule has 6 heteroatoms. The van der Waals surface area contributed by atoms with E-state index in [0.29, 0.717) is 12.2 Å². The van der Waals surface area contributed by atoms with Crippen molar-refractivity contribution in [1.29, 1.82) is 0 Å². The van der Waals surface area contributed by atoms with Crippen molar-refractivity contribution in [2.75, 3.05) is 6.61 Å². The summed E-state index contributed by atoms with van der Waals surface area (Å²) >= 11 is 3.49. The van der Waals surface area contributed by atoms with Gasteiger partial charge in [0, 0.05) is 38.7 Å². The number of hydrazone groups is 1. The van der Waals surface area contributed by atoms with Crippen LogP contribution in [0.2, 0.25) is 0 Å². The lowest BCUT2D eigenvalue weighted by molar-refractivity contribution is 0.0955. The Kier molecular flexibility index (Phi) is 6.71. The number of benzene rings is 3. The van der Waals surface area contributed by atoms with E-state index in [1.165, 1.54) is 5.56 Å². The van der Waals surface area contributed by atoms with Crippen molar-refractivity contribution in [1.82, 2.24) is 9.99 Å². The molecule has 0 saturated carbocycles. The number of amides is 1. The lowest BCUT2D eigenvalue weighted by Crippen LogP contribution is -2.17. The third-order valence-electron chi connectivity index (χ3n) is 5.32. The van der Waals surface area contributed by atoms with Crippen molar-refractivity contribution >= 4 is 39.0 Å². The molecule has 0 atom stereocenters. The number of hydrogen-bond acceptors (Lipinski definition) is 3. The van der Waals surface area contributed by atoms with Gasteiger partial charge in [0.1, 0.15) is 5.75 Å². The van der Waals surface area contributed by atoms with E-state index in [1.54, 1.807) is 30.5 Å². The first kappa shape index (κ1) is 21.8. The topological polar surface area (TPSA) is 55.6 Å². The standard InChI is InChI=1S/C26H24BrN3O2/c1-3-32-22-14-10-20(11-15-22)26(31)29-28-16-24-18(2)30(25-7-5-4-6-23(24)25)17-19-8-12-21(27)13-9-19/h4-16H,3,17H2,1-2H3,(H,29,31)/b28-16+. The number of nitrogens with zero attached hydrogens (tertiary/aromatic N) is 2. The maximum absolute atomic E-state index is 12.5. The first-order valence-electron chi connectivity index (χ1n) is 10.5. The zero-order valence-electron chi connectivity index (χ0n) is 18.0. The SMILES string of the molecule is CCOc1ccc(C(=O)N/N=C/c2c(C)n(Cc3ccc(Br)cc3)c3ccccc23)cc1. The summed E-state index contributed by atoms with van der Waals surface area (Å²) in [6, 6.07) is 23.6. The van der Waals surface area contributed by atoms with Crippen molar-refractivity contribution < 1.29 is 9.53 Å². The van der Waals surface area contributed by atoms with Gasteiger partial charge in [-0.2, -0.15) is 5.10 Å². The molecule has 1 amide bonds. The molecule has 4 rings (SSSR count). The molecule has 0 aliphatic heterocycles. The molecule has 1 aromatic heterocycles. The zero-order valence-corrected chi connectivity index (χ0v) is 19.6. The van der Waals surface area contributed by atoms with Crippen LogP contribution in [0, 0.1) is 6.92 Å². The summed E-state index contributed by atoms with van der Waals surface area (Å²) in [6.45, 7) is 5.35. The van der Waals surface area contributed by atoms with Gasteiger partial charge < -0.3 is 9.30 Å². The molecule has 0 radical (unpaired) electrons. The summed E-state index contributed by atoms with van der Waals surface area (Å²) in [7, 11) is 0. The number of hydrogen-bond donors (Lipinski definition) is 1. The average Bonchev–Trinajstić information content (AvgIpc) is 3.07. The Balaban J connectivity index is 1.56. The highest BCUT2D eigenvalue weighted by Crippen LogP contribution is 2.26. The van der Waals surface area contributed by atoms with E-state index < -0.39 is 0 Å². The molecule has 4 aromatic rings. The van der Waals surface area contributed by atoms with Crippen LogP contribution in [0.4, 0.5) is 0 Å². The van der Waals surface area contributed by atoms with Gasteiger partial charge >= 0.3 is 0 Å². The maximum atomic E-state index is 12.5. The highest BCUT2D eigenvalue weighted by atomic mass is 79.9. The van der Waals surface area contributed by atoms with Crippen molar-refractivity contribution in [2.24, 2.45) is 5.10 Å². The largest absolute Gasteiger partial charge is 0.494 e. The van der Waals surface area contributed by atoms with Gasteiger partial charge in [0.05, 0.1) is 12.8 Å². The number of rotatable bonds is 7. The molecule has 0 aliphatic carbocycles. The van der Waals surface area contributed by atoms with E-state index in [0.717, 1.165) is 38.9 Å². The molecule has 0 aliphatic rings. The number of para-hydroxylation sites is 1. The fourth-order valence-corrected chi connectivity index (χ4v) is 3.95. The van der Waals surface area contributed by atoms with Gasteiger partial charge in [-0.1, -0.05) is 46.3 Å². The number of fused-ring (bicyclic) bond motifs is 1. The minimum absolute atomic E-state index is 0.263. The Labute approximate surface area is 195 Å². The average molecular weight is 490 g/mol. The smallest absolute Gasteiger partial charge is 0.271 e. The van der Waals surface area contributed by atoms with E-state index in [4.69, 9.17) is 4.74 Å². The van der Waals surface area contributed by atoms with Crippen LogP contribution in [0.15, 0.2) is 82.4 Å². The first-order chi connectivity index (χ1) is 15.6. The molecular formula is C26H24BrN3O2. The number of halogens is 1. The Hall–Kier alpha value is -3.38. The van der Waals surface area contributed by atoms with Crippen LogP contribution in [-0.2, 0) is 6.54 Å². The van der Waals surface area contributed by atoms with Gasteiger partial charge in [-0.05, 0) is 61.9 Å². The highest BCUT2D eigenvalue weighted by molar-refractivity contribution is 9.10. The van der Waals surface area contributed by atoms with Crippen LogP contribution in [0.25, 0.3) is 10.9 Å². The Morgan fingerprint density at radius 1 is 1.06 bits per heavy atom. The van der Waals surface area contributed by atoms with Gasteiger partial charge in [0.15, 0.2) is 0 Å². The normalized spacial score (nSPS) is 11.2. The van der Waals surface area contributed by atoms with Crippen LogP contribution in [0.5, 0.6) is 5.75 Å². The number of carbonyl (C=O) groups is 1. The fourth-order valence-electron chi connectivity index (χ4n) is 3.69. The first-order valence-corrected chi connectivity index (χ1v) is 11.2. The minimum Gasteiger partial charge on any atom is -0.494 e. The van der Waals surface area contributed by atoms with Crippen molar-refractivity contribution in [3.8, 4) is 5.75 Å². The Bertz CT molecular complexity index is 1260. The summed E-state index contributed by atoms with van der Waals surface area (Å²) in [5.74, 6) is 0.474. The second-order valence-electron chi connectivity index (χ2n) is 7.39. The molecule has 1 heterocycles. The molecule has 0 saturated heterocycles. The van der Waals surface area contributed by atoms with Crippen LogP contribution >= 0.6 is 15.9 Å².